The molecular weight excluding hydrogens is 264 g/mol. The Kier molecular flexibility index (Phi) is 3.31. The third-order valence-electron chi connectivity index (χ3n) is 2.99. The lowest BCUT2D eigenvalue weighted by atomic mass is 10.2. The molecule has 0 bridgehead atoms. The van der Waals surface area contributed by atoms with E-state index in [4.69, 9.17) is 11.0 Å². The van der Waals surface area contributed by atoms with Crippen molar-refractivity contribution in [2.24, 2.45) is 0 Å². The van der Waals surface area contributed by atoms with E-state index in [0.29, 0.717) is 23.8 Å². The van der Waals surface area contributed by atoms with E-state index in [0.717, 1.165) is 11.1 Å². The van der Waals surface area contributed by atoms with Crippen LogP contribution in [0.25, 0.3) is 11.4 Å². The standard InChI is InChI=1S/C15H12N6/c16-8-14-7-11(5-6-18-14)9-21-10-19-15(20-21)12-1-3-13(17)4-2-12/h1-7,10H,9,17H2. The molecule has 0 aliphatic heterocycles. The summed E-state index contributed by atoms with van der Waals surface area (Å²) < 4.78 is 1.72. The van der Waals surface area contributed by atoms with Gasteiger partial charge in [0, 0.05) is 17.4 Å². The minimum atomic E-state index is 0.395. The van der Waals surface area contributed by atoms with Crippen LogP contribution in [0.15, 0.2) is 48.9 Å². The van der Waals surface area contributed by atoms with Crippen LogP contribution in [0.3, 0.4) is 0 Å². The molecule has 1 aromatic carbocycles. The highest BCUT2D eigenvalue weighted by molar-refractivity contribution is 5.57. The summed E-state index contributed by atoms with van der Waals surface area (Å²) in [6.45, 7) is 0.541. The Morgan fingerprint density at radius 3 is 2.71 bits per heavy atom. The van der Waals surface area contributed by atoms with Gasteiger partial charge < -0.3 is 5.73 Å². The van der Waals surface area contributed by atoms with Crippen LogP contribution >= 0.6 is 0 Å². The van der Waals surface area contributed by atoms with Crippen molar-refractivity contribution in [3.63, 3.8) is 0 Å². The van der Waals surface area contributed by atoms with Gasteiger partial charge in [-0.1, -0.05) is 0 Å². The first-order chi connectivity index (χ1) is 10.2. The number of aromatic nitrogens is 4. The predicted octanol–water partition coefficient (Wildman–Crippen LogP) is 1.84. The van der Waals surface area contributed by atoms with E-state index in [9.17, 15) is 0 Å². The largest absolute Gasteiger partial charge is 0.399 e. The number of pyridine rings is 1. The van der Waals surface area contributed by atoms with Crippen LogP contribution in [0, 0.1) is 11.3 Å². The van der Waals surface area contributed by atoms with Gasteiger partial charge in [0.05, 0.1) is 6.54 Å². The van der Waals surface area contributed by atoms with E-state index in [-0.39, 0.29) is 0 Å². The molecule has 0 saturated heterocycles. The monoisotopic (exact) mass is 276 g/mol. The highest BCUT2D eigenvalue weighted by Gasteiger charge is 2.05. The first-order valence-corrected chi connectivity index (χ1v) is 6.35. The molecule has 0 spiro atoms. The molecule has 2 heterocycles. The zero-order chi connectivity index (χ0) is 14.7. The number of benzene rings is 1. The van der Waals surface area contributed by atoms with Gasteiger partial charge in [0.2, 0.25) is 0 Å². The molecule has 6 heteroatoms. The van der Waals surface area contributed by atoms with Crippen molar-refractivity contribution >= 4 is 5.69 Å². The van der Waals surface area contributed by atoms with E-state index in [1.54, 1.807) is 23.3 Å². The molecule has 0 saturated carbocycles. The molecule has 0 atom stereocenters. The zero-order valence-electron chi connectivity index (χ0n) is 11.1. The van der Waals surface area contributed by atoms with Crippen LogP contribution in [-0.2, 0) is 6.54 Å². The van der Waals surface area contributed by atoms with Gasteiger partial charge in [0.1, 0.15) is 18.1 Å². The molecule has 6 nitrogen and oxygen atoms in total. The van der Waals surface area contributed by atoms with Gasteiger partial charge in [-0.2, -0.15) is 10.4 Å². The second kappa shape index (κ2) is 5.43. The second-order valence-electron chi connectivity index (χ2n) is 4.55. The fourth-order valence-corrected chi connectivity index (χ4v) is 1.96. The molecule has 0 amide bonds. The summed E-state index contributed by atoms with van der Waals surface area (Å²) in [5.74, 6) is 0.643. The maximum atomic E-state index is 8.85. The maximum absolute atomic E-state index is 8.85. The van der Waals surface area contributed by atoms with Crippen molar-refractivity contribution in [2.45, 2.75) is 6.54 Å². The summed E-state index contributed by atoms with van der Waals surface area (Å²) in [6.07, 6.45) is 3.28. The smallest absolute Gasteiger partial charge is 0.181 e. The van der Waals surface area contributed by atoms with Crippen molar-refractivity contribution in [1.82, 2.24) is 19.7 Å². The summed E-state index contributed by atoms with van der Waals surface area (Å²) in [6, 6.07) is 13.0. The van der Waals surface area contributed by atoms with Crippen LogP contribution in [0.1, 0.15) is 11.3 Å². The third kappa shape index (κ3) is 2.87. The number of nitrogens with zero attached hydrogens (tertiary/aromatic N) is 5. The molecule has 2 N–H and O–H groups in total. The normalized spacial score (nSPS) is 10.2. The van der Waals surface area contributed by atoms with Gasteiger partial charge in [-0.05, 0) is 42.0 Å². The van der Waals surface area contributed by atoms with Crippen molar-refractivity contribution in [3.05, 3.63) is 60.2 Å². The van der Waals surface area contributed by atoms with E-state index in [2.05, 4.69) is 15.1 Å². The van der Waals surface area contributed by atoms with Crippen molar-refractivity contribution < 1.29 is 0 Å². The fourth-order valence-electron chi connectivity index (χ4n) is 1.96. The van der Waals surface area contributed by atoms with Crippen LogP contribution in [-0.4, -0.2) is 19.7 Å². The summed E-state index contributed by atoms with van der Waals surface area (Å²) in [4.78, 5) is 8.23. The molecule has 0 fully saturated rings. The average molecular weight is 276 g/mol. The van der Waals surface area contributed by atoms with Crippen molar-refractivity contribution in [3.8, 4) is 17.5 Å². The maximum Gasteiger partial charge on any atom is 0.181 e. The molecule has 0 aliphatic rings. The van der Waals surface area contributed by atoms with E-state index in [1.807, 2.05) is 36.4 Å². The fraction of sp³-hybridized carbons (Fsp3) is 0.0667. The third-order valence-corrected chi connectivity index (χ3v) is 2.99. The molecule has 3 rings (SSSR count). The molecule has 102 valence electrons. The van der Waals surface area contributed by atoms with E-state index in [1.165, 1.54) is 0 Å². The van der Waals surface area contributed by atoms with Crippen molar-refractivity contribution in [1.29, 1.82) is 5.26 Å². The second-order valence-corrected chi connectivity index (χ2v) is 4.55. The number of hydrogen-bond acceptors (Lipinski definition) is 5. The highest BCUT2D eigenvalue weighted by atomic mass is 15.3. The van der Waals surface area contributed by atoms with Gasteiger partial charge in [-0.25, -0.2) is 14.6 Å². The summed E-state index contributed by atoms with van der Waals surface area (Å²) in [7, 11) is 0. The summed E-state index contributed by atoms with van der Waals surface area (Å²) >= 11 is 0. The predicted molar refractivity (Wildman–Crippen MR) is 77.9 cm³/mol. The minimum absolute atomic E-state index is 0.395. The molecular formula is C15H12N6. The van der Waals surface area contributed by atoms with Crippen LogP contribution < -0.4 is 5.73 Å². The Balaban J connectivity index is 1.82. The molecule has 0 unspecified atom stereocenters. The molecule has 3 aromatic rings. The van der Waals surface area contributed by atoms with Gasteiger partial charge in [-0.15, -0.1) is 0 Å². The van der Waals surface area contributed by atoms with Crippen molar-refractivity contribution in [2.75, 3.05) is 5.73 Å². The lowest BCUT2D eigenvalue weighted by Gasteiger charge is -2.01. The lowest BCUT2D eigenvalue weighted by Crippen LogP contribution is -2.01. The van der Waals surface area contributed by atoms with Gasteiger partial charge in [0.25, 0.3) is 0 Å². The molecule has 2 aromatic heterocycles. The topological polar surface area (TPSA) is 93.4 Å². The first kappa shape index (κ1) is 12.8. The number of anilines is 1. The number of nitriles is 1. The average Bonchev–Trinajstić information content (AvgIpc) is 2.96. The SMILES string of the molecule is N#Cc1cc(Cn2cnc(-c3ccc(N)cc3)n2)ccn1. The zero-order valence-corrected chi connectivity index (χ0v) is 11.1. The van der Waals surface area contributed by atoms with Crippen LogP contribution in [0.2, 0.25) is 0 Å². The van der Waals surface area contributed by atoms with Crippen LogP contribution in [0.5, 0.6) is 0 Å². The van der Waals surface area contributed by atoms with E-state index >= 15 is 0 Å². The van der Waals surface area contributed by atoms with Gasteiger partial charge >= 0.3 is 0 Å². The van der Waals surface area contributed by atoms with Gasteiger partial charge in [0.15, 0.2) is 5.82 Å². The highest BCUT2D eigenvalue weighted by Crippen LogP contribution is 2.16. The quantitative estimate of drug-likeness (QED) is 0.737. The number of nitrogen functional groups attached to an aromatic ring is 1. The number of rotatable bonds is 3. The lowest BCUT2D eigenvalue weighted by molar-refractivity contribution is 0.686. The Hall–Kier alpha value is -3.20. The Morgan fingerprint density at radius 2 is 1.95 bits per heavy atom. The Labute approximate surface area is 121 Å². The Bertz CT molecular complexity index is 798. The van der Waals surface area contributed by atoms with Crippen LogP contribution in [0.4, 0.5) is 5.69 Å². The summed E-state index contributed by atoms with van der Waals surface area (Å²) in [5.41, 5.74) is 8.63. The minimum Gasteiger partial charge on any atom is -0.399 e. The molecule has 0 aliphatic carbocycles. The van der Waals surface area contributed by atoms with Gasteiger partial charge in [-0.3, -0.25) is 0 Å². The summed E-state index contributed by atoms with van der Waals surface area (Å²) in [5, 5.41) is 13.3. The Morgan fingerprint density at radius 1 is 1.14 bits per heavy atom. The number of nitrogens with two attached hydrogens (primary N) is 1. The molecule has 21 heavy (non-hydrogen) atoms. The first-order valence-electron chi connectivity index (χ1n) is 6.35. The van der Waals surface area contributed by atoms with E-state index < -0.39 is 0 Å². The molecule has 0 radical (unpaired) electrons. The number of hydrogen-bond donors (Lipinski definition) is 1.